The van der Waals surface area contributed by atoms with Crippen LogP contribution in [0.5, 0.6) is 0 Å². The minimum atomic E-state index is 0.634. The number of nitrogens with zero attached hydrogens (tertiary/aromatic N) is 3. The Kier molecular flexibility index (Phi) is 3.40. The fourth-order valence-electron chi connectivity index (χ4n) is 1.14. The summed E-state index contributed by atoms with van der Waals surface area (Å²) in [6, 6.07) is 7.80. The molecule has 0 saturated carbocycles. The van der Waals surface area contributed by atoms with E-state index >= 15 is 0 Å². The molecule has 3 aromatic rings. The molecule has 0 saturated heterocycles. The highest BCUT2D eigenvalue weighted by atomic mass is 32.1. The molecule has 2 N–H and O–H groups in total. The van der Waals surface area contributed by atoms with Gasteiger partial charge in [-0.2, -0.15) is 0 Å². The Morgan fingerprint density at radius 3 is 2.00 bits per heavy atom. The summed E-state index contributed by atoms with van der Waals surface area (Å²) in [6.45, 7) is 0. The van der Waals surface area contributed by atoms with Crippen LogP contribution in [-0.4, -0.2) is 15.0 Å². The molecule has 0 radical (unpaired) electrons. The molecule has 3 aromatic heterocycles. The molecule has 0 aliphatic rings. The van der Waals surface area contributed by atoms with Gasteiger partial charge >= 0.3 is 0 Å². The van der Waals surface area contributed by atoms with Crippen molar-refractivity contribution in [2.75, 3.05) is 5.73 Å². The number of pyridine rings is 2. The Bertz CT molecular complexity index is 485. The first-order chi connectivity index (χ1) is 7.86. The summed E-state index contributed by atoms with van der Waals surface area (Å²) in [7, 11) is 0. The van der Waals surface area contributed by atoms with Crippen molar-refractivity contribution in [3.05, 3.63) is 48.2 Å². The highest BCUT2D eigenvalue weighted by molar-refractivity contribution is 7.13. The average Bonchev–Trinajstić information content (AvgIpc) is 2.81. The van der Waals surface area contributed by atoms with Crippen LogP contribution in [0.2, 0.25) is 0 Å². The zero-order chi connectivity index (χ0) is 11.2. The van der Waals surface area contributed by atoms with Gasteiger partial charge in [-0.15, -0.1) is 11.3 Å². The lowest BCUT2D eigenvalue weighted by Crippen LogP contribution is -1.78. The Morgan fingerprint density at radius 1 is 0.938 bits per heavy atom. The van der Waals surface area contributed by atoms with Crippen molar-refractivity contribution in [1.29, 1.82) is 0 Å². The number of rotatable bonds is 0. The summed E-state index contributed by atoms with van der Waals surface area (Å²) in [5, 5.41) is 3.56. The number of anilines is 1. The standard InChI is InChI=1S/C8H6N2.C3H4N2S/c1-3-7-4-2-6-10-8(7)9-5-1;4-3-5-1-2-6-3/h1-6H;1-2H,(H2,4,5). The predicted molar refractivity (Wildman–Crippen MR) is 66.1 cm³/mol. The van der Waals surface area contributed by atoms with Gasteiger partial charge in [-0.05, 0) is 24.3 Å². The van der Waals surface area contributed by atoms with Crippen molar-refractivity contribution in [3.63, 3.8) is 0 Å². The number of hydrogen-bond donors (Lipinski definition) is 1. The van der Waals surface area contributed by atoms with E-state index in [2.05, 4.69) is 15.0 Å². The number of nitrogens with two attached hydrogens (primary N) is 1. The smallest absolute Gasteiger partial charge is 0.179 e. The van der Waals surface area contributed by atoms with Crippen LogP contribution in [0.25, 0.3) is 11.0 Å². The summed E-state index contributed by atoms with van der Waals surface area (Å²) in [5.74, 6) is 0. The molecule has 4 nitrogen and oxygen atoms in total. The molecule has 0 amide bonds. The Balaban J connectivity index is 0.000000138. The van der Waals surface area contributed by atoms with Crippen molar-refractivity contribution < 1.29 is 0 Å². The SMILES string of the molecule is Nc1nccs1.c1cnc2ncccc2c1. The second-order valence-corrected chi connectivity index (χ2v) is 3.85. The molecule has 0 aromatic carbocycles. The van der Waals surface area contributed by atoms with Crippen LogP contribution in [0.3, 0.4) is 0 Å². The summed E-state index contributed by atoms with van der Waals surface area (Å²) >= 11 is 1.44. The molecular weight excluding hydrogens is 220 g/mol. The van der Waals surface area contributed by atoms with E-state index in [9.17, 15) is 0 Å². The molecule has 5 heteroatoms. The van der Waals surface area contributed by atoms with Gasteiger partial charge in [0.25, 0.3) is 0 Å². The first kappa shape index (κ1) is 10.5. The maximum absolute atomic E-state index is 5.19. The lowest BCUT2D eigenvalue weighted by Gasteiger charge is -1.90. The van der Waals surface area contributed by atoms with E-state index in [0.29, 0.717) is 5.13 Å². The Hall–Kier alpha value is -2.01. The first-order valence-corrected chi connectivity index (χ1v) is 5.55. The maximum Gasteiger partial charge on any atom is 0.179 e. The molecule has 0 aliphatic heterocycles. The zero-order valence-corrected chi connectivity index (χ0v) is 9.26. The van der Waals surface area contributed by atoms with Crippen molar-refractivity contribution in [3.8, 4) is 0 Å². The summed E-state index contributed by atoms with van der Waals surface area (Å²) in [4.78, 5) is 11.9. The predicted octanol–water partition coefficient (Wildman–Crippen LogP) is 2.36. The van der Waals surface area contributed by atoms with Crippen LogP contribution in [0.4, 0.5) is 5.13 Å². The normalized spacial score (nSPS) is 9.50. The van der Waals surface area contributed by atoms with Crippen molar-refractivity contribution in [1.82, 2.24) is 15.0 Å². The van der Waals surface area contributed by atoms with Crippen molar-refractivity contribution in [2.24, 2.45) is 0 Å². The summed E-state index contributed by atoms with van der Waals surface area (Å²) in [6.07, 6.45) is 5.17. The van der Waals surface area contributed by atoms with Gasteiger partial charge in [0.2, 0.25) is 0 Å². The third kappa shape index (κ3) is 2.74. The van der Waals surface area contributed by atoms with Gasteiger partial charge in [0.1, 0.15) is 0 Å². The quantitative estimate of drug-likeness (QED) is 0.644. The minimum absolute atomic E-state index is 0.634. The monoisotopic (exact) mass is 230 g/mol. The number of aromatic nitrogens is 3. The van der Waals surface area contributed by atoms with Gasteiger partial charge < -0.3 is 5.73 Å². The molecule has 0 atom stereocenters. The van der Waals surface area contributed by atoms with Crippen LogP contribution >= 0.6 is 11.3 Å². The molecule has 0 aliphatic carbocycles. The highest BCUT2D eigenvalue weighted by Crippen LogP contribution is 2.04. The average molecular weight is 230 g/mol. The van der Waals surface area contributed by atoms with Gasteiger partial charge in [0.15, 0.2) is 10.8 Å². The zero-order valence-electron chi connectivity index (χ0n) is 8.45. The molecule has 0 fully saturated rings. The Labute approximate surface area is 96.8 Å². The molecule has 16 heavy (non-hydrogen) atoms. The van der Waals surface area contributed by atoms with Gasteiger partial charge in [0, 0.05) is 29.4 Å². The fraction of sp³-hybridized carbons (Fsp3) is 0. The molecule has 3 heterocycles. The first-order valence-electron chi connectivity index (χ1n) is 4.67. The van der Waals surface area contributed by atoms with E-state index in [4.69, 9.17) is 5.73 Å². The van der Waals surface area contributed by atoms with E-state index < -0.39 is 0 Å². The molecule has 3 rings (SSSR count). The minimum Gasteiger partial charge on any atom is -0.375 e. The second-order valence-electron chi connectivity index (χ2n) is 2.92. The van der Waals surface area contributed by atoms with Crippen LogP contribution in [0.15, 0.2) is 48.2 Å². The van der Waals surface area contributed by atoms with Gasteiger partial charge in [-0.3, -0.25) is 0 Å². The number of thiazole rings is 1. The van der Waals surface area contributed by atoms with Gasteiger partial charge in [-0.1, -0.05) is 0 Å². The topological polar surface area (TPSA) is 64.7 Å². The van der Waals surface area contributed by atoms with E-state index in [0.717, 1.165) is 11.0 Å². The van der Waals surface area contributed by atoms with E-state index in [-0.39, 0.29) is 0 Å². The second kappa shape index (κ2) is 5.18. The number of fused-ring (bicyclic) bond motifs is 1. The van der Waals surface area contributed by atoms with Gasteiger partial charge in [-0.25, -0.2) is 15.0 Å². The number of hydrogen-bond acceptors (Lipinski definition) is 5. The Morgan fingerprint density at radius 2 is 1.62 bits per heavy atom. The third-order valence-electron chi connectivity index (χ3n) is 1.83. The van der Waals surface area contributed by atoms with Crippen LogP contribution in [0, 0.1) is 0 Å². The summed E-state index contributed by atoms with van der Waals surface area (Å²) in [5.41, 5.74) is 6.00. The largest absolute Gasteiger partial charge is 0.375 e. The fourth-order valence-corrected chi connectivity index (χ4v) is 1.53. The lowest BCUT2D eigenvalue weighted by molar-refractivity contribution is 1.29. The van der Waals surface area contributed by atoms with E-state index in [1.165, 1.54) is 11.3 Å². The molecular formula is C11H10N4S. The van der Waals surface area contributed by atoms with Crippen LogP contribution in [-0.2, 0) is 0 Å². The molecule has 0 unspecified atom stereocenters. The van der Waals surface area contributed by atoms with Crippen LogP contribution in [0.1, 0.15) is 0 Å². The molecule has 80 valence electrons. The molecule has 0 bridgehead atoms. The van der Waals surface area contributed by atoms with Crippen molar-refractivity contribution in [2.45, 2.75) is 0 Å². The van der Waals surface area contributed by atoms with E-state index in [1.807, 2.05) is 29.6 Å². The van der Waals surface area contributed by atoms with Crippen molar-refractivity contribution >= 4 is 27.5 Å². The summed E-state index contributed by atoms with van der Waals surface area (Å²) < 4.78 is 0. The highest BCUT2D eigenvalue weighted by Gasteiger charge is 1.88. The van der Waals surface area contributed by atoms with E-state index in [1.54, 1.807) is 18.6 Å². The number of nitrogen functional groups attached to an aromatic ring is 1. The van der Waals surface area contributed by atoms with Gasteiger partial charge in [0.05, 0.1) is 0 Å². The lowest BCUT2D eigenvalue weighted by atomic mass is 10.3. The maximum atomic E-state index is 5.19. The third-order valence-corrected chi connectivity index (χ3v) is 2.43. The van der Waals surface area contributed by atoms with Crippen LogP contribution < -0.4 is 5.73 Å². The molecule has 0 spiro atoms.